The van der Waals surface area contributed by atoms with Crippen molar-refractivity contribution in [1.29, 1.82) is 0 Å². The average Bonchev–Trinajstić information content (AvgIpc) is 2.38. The minimum Gasteiger partial charge on any atom is -0.382 e. The normalized spacial score (nSPS) is 10.2. The van der Waals surface area contributed by atoms with E-state index in [1.165, 1.54) is 12.1 Å². The number of ether oxygens (including phenoxy) is 1. The molecule has 0 aliphatic heterocycles. The van der Waals surface area contributed by atoms with Crippen molar-refractivity contribution in [3.05, 3.63) is 38.4 Å². The number of nitro benzene ring substituents is 2. The van der Waals surface area contributed by atoms with E-state index in [0.717, 1.165) is 6.07 Å². The van der Waals surface area contributed by atoms with E-state index in [9.17, 15) is 20.2 Å². The second kappa shape index (κ2) is 7.27. The van der Waals surface area contributed by atoms with Gasteiger partial charge >= 0.3 is 0 Å². The van der Waals surface area contributed by atoms with Crippen LogP contribution in [0.25, 0.3) is 0 Å². The summed E-state index contributed by atoms with van der Waals surface area (Å²) in [6.45, 7) is 3.56. The molecular weight excluding hydrogens is 254 g/mol. The summed E-state index contributed by atoms with van der Waals surface area (Å²) < 4.78 is 5.14. The third kappa shape index (κ3) is 4.51. The van der Waals surface area contributed by atoms with Gasteiger partial charge in [0.25, 0.3) is 11.4 Å². The van der Waals surface area contributed by atoms with Gasteiger partial charge in [-0.2, -0.15) is 0 Å². The zero-order chi connectivity index (χ0) is 14.3. The van der Waals surface area contributed by atoms with Crippen molar-refractivity contribution in [3.8, 4) is 0 Å². The molecule has 1 aromatic rings. The molecule has 1 aromatic carbocycles. The summed E-state index contributed by atoms with van der Waals surface area (Å²) in [5.74, 6) is 0. The Morgan fingerprint density at radius 3 is 2.58 bits per heavy atom. The van der Waals surface area contributed by atoms with Gasteiger partial charge in [0.1, 0.15) is 5.69 Å². The maximum atomic E-state index is 10.9. The fraction of sp³-hybridized carbons (Fsp3) is 0.455. The van der Waals surface area contributed by atoms with Crippen molar-refractivity contribution < 1.29 is 14.6 Å². The van der Waals surface area contributed by atoms with E-state index in [2.05, 4.69) is 5.32 Å². The second-order valence-corrected chi connectivity index (χ2v) is 3.69. The van der Waals surface area contributed by atoms with Crippen LogP contribution in [-0.2, 0) is 4.74 Å². The number of nitro groups is 2. The van der Waals surface area contributed by atoms with Crippen LogP contribution in [-0.4, -0.2) is 29.6 Å². The first kappa shape index (κ1) is 14.8. The predicted octanol–water partition coefficient (Wildman–Crippen LogP) is 2.34. The standard InChI is InChI=1S/C11H15N3O5/c1-2-19-7-3-6-12-10-5-4-9(13(15)16)8-11(10)14(17)18/h4-5,8,12H,2-3,6-7H2,1H3. The fourth-order valence-electron chi connectivity index (χ4n) is 1.48. The Morgan fingerprint density at radius 2 is 2.00 bits per heavy atom. The second-order valence-electron chi connectivity index (χ2n) is 3.69. The van der Waals surface area contributed by atoms with E-state index in [-0.39, 0.29) is 17.1 Å². The van der Waals surface area contributed by atoms with Crippen LogP contribution in [0.2, 0.25) is 0 Å². The molecule has 0 saturated carbocycles. The SMILES string of the molecule is CCOCCCNc1ccc([N+](=O)[O-])cc1[N+](=O)[O-]. The first-order chi connectivity index (χ1) is 9.06. The highest BCUT2D eigenvalue weighted by Gasteiger charge is 2.18. The van der Waals surface area contributed by atoms with Gasteiger partial charge in [-0.3, -0.25) is 20.2 Å². The largest absolute Gasteiger partial charge is 0.382 e. The summed E-state index contributed by atoms with van der Waals surface area (Å²) in [4.78, 5) is 20.1. The lowest BCUT2D eigenvalue weighted by atomic mass is 10.2. The Morgan fingerprint density at radius 1 is 1.26 bits per heavy atom. The van der Waals surface area contributed by atoms with Gasteiger partial charge in [0, 0.05) is 25.8 Å². The van der Waals surface area contributed by atoms with Crippen LogP contribution in [0.5, 0.6) is 0 Å². The maximum absolute atomic E-state index is 10.9. The van der Waals surface area contributed by atoms with E-state index in [0.29, 0.717) is 26.2 Å². The molecule has 104 valence electrons. The number of nitrogens with zero attached hydrogens (tertiary/aromatic N) is 2. The van der Waals surface area contributed by atoms with Crippen LogP contribution < -0.4 is 5.32 Å². The Balaban J connectivity index is 2.71. The summed E-state index contributed by atoms with van der Waals surface area (Å²) in [6.07, 6.45) is 0.696. The van der Waals surface area contributed by atoms with Crippen LogP contribution >= 0.6 is 0 Å². The monoisotopic (exact) mass is 269 g/mol. The minimum absolute atomic E-state index is 0.270. The topological polar surface area (TPSA) is 108 Å². The highest BCUT2D eigenvalue weighted by Crippen LogP contribution is 2.28. The van der Waals surface area contributed by atoms with E-state index in [1.54, 1.807) is 0 Å². The summed E-state index contributed by atoms with van der Waals surface area (Å²) >= 11 is 0. The van der Waals surface area contributed by atoms with E-state index < -0.39 is 9.85 Å². The van der Waals surface area contributed by atoms with E-state index in [4.69, 9.17) is 4.74 Å². The molecular formula is C11H15N3O5. The van der Waals surface area contributed by atoms with Gasteiger partial charge in [-0.15, -0.1) is 0 Å². The summed E-state index contributed by atoms with van der Waals surface area (Å²) in [5, 5.41) is 24.3. The zero-order valence-electron chi connectivity index (χ0n) is 10.5. The molecule has 0 heterocycles. The van der Waals surface area contributed by atoms with Gasteiger partial charge in [-0.25, -0.2) is 0 Å². The van der Waals surface area contributed by atoms with Gasteiger partial charge < -0.3 is 10.1 Å². The van der Waals surface area contributed by atoms with Gasteiger partial charge in [-0.05, 0) is 19.4 Å². The number of benzene rings is 1. The van der Waals surface area contributed by atoms with Gasteiger partial charge in [0.15, 0.2) is 0 Å². The summed E-state index contributed by atoms with van der Waals surface area (Å²) in [7, 11) is 0. The lowest BCUT2D eigenvalue weighted by molar-refractivity contribution is -0.393. The van der Waals surface area contributed by atoms with Crippen molar-refractivity contribution in [1.82, 2.24) is 0 Å². The average molecular weight is 269 g/mol. The molecule has 0 unspecified atom stereocenters. The molecule has 0 radical (unpaired) electrons. The van der Waals surface area contributed by atoms with Crippen molar-refractivity contribution in [3.63, 3.8) is 0 Å². The molecule has 0 spiro atoms. The molecule has 1 rings (SSSR count). The first-order valence-corrected chi connectivity index (χ1v) is 5.80. The molecule has 0 fully saturated rings. The maximum Gasteiger partial charge on any atom is 0.299 e. The number of nitrogens with one attached hydrogen (secondary N) is 1. The van der Waals surface area contributed by atoms with Gasteiger partial charge in [0.2, 0.25) is 0 Å². The highest BCUT2D eigenvalue weighted by molar-refractivity contribution is 5.65. The lowest BCUT2D eigenvalue weighted by Crippen LogP contribution is -2.07. The molecule has 1 N–H and O–H groups in total. The first-order valence-electron chi connectivity index (χ1n) is 5.80. The van der Waals surface area contributed by atoms with E-state index in [1.807, 2.05) is 6.92 Å². The number of rotatable bonds is 8. The predicted molar refractivity (Wildman–Crippen MR) is 69.4 cm³/mol. The zero-order valence-corrected chi connectivity index (χ0v) is 10.5. The highest BCUT2D eigenvalue weighted by atomic mass is 16.6. The third-order valence-electron chi connectivity index (χ3n) is 2.37. The van der Waals surface area contributed by atoms with Crippen molar-refractivity contribution in [2.45, 2.75) is 13.3 Å². The van der Waals surface area contributed by atoms with Crippen LogP contribution in [0.4, 0.5) is 17.1 Å². The number of hydrogen-bond acceptors (Lipinski definition) is 6. The summed E-state index contributed by atoms with van der Waals surface area (Å²) in [6, 6.07) is 3.53. The molecule has 0 saturated heterocycles. The van der Waals surface area contributed by atoms with Crippen LogP contribution in [0.1, 0.15) is 13.3 Å². The van der Waals surface area contributed by atoms with Crippen molar-refractivity contribution >= 4 is 17.1 Å². The Kier molecular flexibility index (Phi) is 5.68. The molecule has 8 heteroatoms. The molecule has 0 amide bonds. The van der Waals surface area contributed by atoms with Gasteiger partial charge in [-0.1, -0.05) is 0 Å². The van der Waals surface area contributed by atoms with Crippen LogP contribution in [0.15, 0.2) is 18.2 Å². The molecule has 0 aliphatic carbocycles. The number of anilines is 1. The lowest BCUT2D eigenvalue weighted by Gasteiger charge is -2.06. The quantitative estimate of drug-likeness (QED) is 0.441. The molecule has 0 atom stereocenters. The minimum atomic E-state index is -0.661. The molecule has 0 aliphatic rings. The van der Waals surface area contributed by atoms with Gasteiger partial charge in [0.05, 0.1) is 15.9 Å². The fourth-order valence-corrected chi connectivity index (χ4v) is 1.48. The number of hydrogen-bond donors (Lipinski definition) is 1. The molecule has 8 nitrogen and oxygen atoms in total. The van der Waals surface area contributed by atoms with Crippen LogP contribution in [0, 0.1) is 20.2 Å². The summed E-state index contributed by atoms with van der Waals surface area (Å²) in [5.41, 5.74) is -0.329. The van der Waals surface area contributed by atoms with E-state index >= 15 is 0 Å². The third-order valence-corrected chi connectivity index (χ3v) is 2.37. The van der Waals surface area contributed by atoms with Crippen LogP contribution in [0.3, 0.4) is 0 Å². The molecule has 0 bridgehead atoms. The molecule has 19 heavy (non-hydrogen) atoms. The van der Waals surface area contributed by atoms with Crippen molar-refractivity contribution in [2.24, 2.45) is 0 Å². The number of non-ortho nitro benzene ring substituents is 1. The Bertz CT molecular complexity index is 464. The smallest absolute Gasteiger partial charge is 0.299 e. The Labute approximate surface area is 109 Å². The molecule has 0 aromatic heterocycles. The Hall–Kier alpha value is -2.22. The van der Waals surface area contributed by atoms with Crippen molar-refractivity contribution in [2.75, 3.05) is 25.1 Å².